The summed E-state index contributed by atoms with van der Waals surface area (Å²) in [6.07, 6.45) is -2.42. The zero-order chi connectivity index (χ0) is 19.8. The third-order valence-electron chi connectivity index (χ3n) is 4.71. The highest BCUT2D eigenvalue weighted by Gasteiger charge is 2.43. The third kappa shape index (κ3) is 2.97. The molecule has 0 radical (unpaired) electrons. The maximum absolute atomic E-state index is 11.9. The second-order valence-electron chi connectivity index (χ2n) is 6.50. The van der Waals surface area contributed by atoms with Gasteiger partial charge in [0.2, 0.25) is 0 Å². The number of fused-ring (bicyclic) bond motifs is 1. The molecule has 10 nitrogen and oxygen atoms in total. The standard InChI is InChI=1S/C18H20N6O4/c1-9-13(25)14(26)17(28-9)24-16-11(12(23-24)10-6-4-3-5-7-10)15(20-8-21-16)22-18(27)19-2/h3-9,13-14,17,25-26H,1-2H3,(H2,19,20,21,22,27)/t9-,13-,14-,17-/m1/s1. The number of aromatic nitrogens is 4. The number of aliphatic hydroxyl groups is 2. The fourth-order valence-electron chi connectivity index (χ4n) is 3.24. The smallest absolute Gasteiger partial charge is 0.320 e. The number of carbonyl (C=O) groups is 1. The molecule has 0 bridgehead atoms. The molecule has 0 aliphatic carbocycles. The van der Waals surface area contributed by atoms with Gasteiger partial charge in [-0.25, -0.2) is 19.4 Å². The summed E-state index contributed by atoms with van der Waals surface area (Å²) in [6.45, 7) is 1.67. The van der Waals surface area contributed by atoms with Gasteiger partial charge in [0.1, 0.15) is 30.0 Å². The number of amides is 2. The van der Waals surface area contributed by atoms with Gasteiger partial charge in [-0.05, 0) is 6.92 Å². The average molecular weight is 384 g/mol. The van der Waals surface area contributed by atoms with Crippen molar-refractivity contribution in [1.82, 2.24) is 25.1 Å². The van der Waals surface area contributed by atoms with Crippen LogP contribution in [-0.4, -0.2) is 61.4 Å². The molecule has 1 aromatic carbocycles. The summed E-state index contributed by atoms with van der Waals surface area (Å²) in [5.74, 6) is 0.274. The molecule has 1 saturated heterocycles. The molecular weight excluding hydrogens is 364 g/mol. The van der Waals surface area contributed by atoms with Crippen molar-refractivity contribution in [3.63, 3.8) is 0 Å². The van der Waals surface area contributed by atoms with E-state index in [0.717, 1.165) is 5.56 Å². The zero-order valence-corrected chi connectivity index (χ0v) is 15.3. The van der Waals surface area contributed by atoms with E-state index in [1.165, 1.54) is 18.1 Å². The molecule has 4 rings (SSSR count). The Morgan fingerprint density at radius 2 is 1.93 bits per heavy atom. The Hall–Kier alpha value is -3.08. The van der Waals surface area contributed by atoms with E-state index in [1.807, 2.05) is 30.3 Å². The van der Waals surface area contributed by atoms with Gasteiger partial charge in [-0.15, -0.1) is 0 Å². The summed E-state index contributed by atoms with van der Waals surface area (Å²) in [6, 6.07) is 8.90. The van der Waals surface area contributed by atoms with Crippen LogP contribution in [0.15, 0.2) is 36.7 Å². The van der Waals surface area contributed by atoms with Crippen LogP contribution in [0.4, 0.5) is 10.6 Å². The highest BCUT2D eigenvalue weighted by atomic mass is 16.6. The van der Waals surface area contributed by atoms with Crippen molar-refractivity contribution in [2.45, 2.75) is 31.5 Å². The minimum Gasteiger partial charge on any atom is -0.388 e. The first kappa shape index (κ1) is 18.3. The second-order valence-corrected chi connectivity index (χ2v) is 6.50. The van der Waals surface area contributed by atoms with E-state index in [1.54, 1.807) is 6.92 Å². The fraction of sp³-hybridized carbons (Fsp3) is 0.333. The Labute approximate surface area is 160 Å². The van der Waals surface area contributed by atoms with Crippen molar-refractivity contribution in [3.8, 4) is 11.3 Å². The lowest BCUT2D eigenvalue weighted by Crippen LogP contribution is -2.30. The van der Waals surface area contributed by atoms with Gasteiger partial charge in [-0.3, -0.25) is 5.32 Å². The second kappa shape index (κ2) is 7.15. The van der Waals surface area contributed by atoms with Crippen LogP contribution in [0.1, 0.15) is 13.2 Å². The monoisotopic (exact) mass is 384 g/mol. The first-order valence-electron chi connectivity index (χ1n) is 8.80. The van der Waals surface area contributed by atoms with E-state index in [2.05, 4.69) is 25.7 Å². The lowest BCUT2D eigenvalue weighted by atomic mass is 10.1. The van der Waals surface area contributed by atoms with Crippen LogP contribution < -0.4 is 10.6 Å². The van der Waals surface area contributed by atoms with Gasteiger partial charge in [-0.1, -0.05) is 30.3 Å². The maximum atomic E-state index is 11.9. The average Bonchev–Trinajstić information content (AvgIpc) is 3.22. The number of nitrogens with one attached hydrogen (secondary N) is 2. The molecule has 0 unspecified atom stereocenters. The molecule has 10 heteroatoms. The van der Waals surface area contributed by atoms with Gasteiger partial charge in [0, 0.05) is 12.6 Å². The van der Waals surface area contributed by atoms with E-state index in [0.29, 0.717) is 16.7 Å². The molecule has 1 aliphatic rings. The summed E-state index contributed by atoms with van der Waals surface area (Å²) in [4.78, 5) is 20.3. The van der Waals surface area contributed by atoms with Gasteiger partial charge in [0.25, 0.3) is 0 Å². The Morgan fingerprint density at radius 3 is 2.57 bits per heavy atom. The van der Waals surface area contributed by atoms with Crippen molar-refractivity contribution >= 4 is 22.9 Å². The molecule has 4 N–H and O–H groups in total. The molecule has 4 atom stereocenters. The molecule has 28 heavy (non-hydrogen) atoms. The van der Waals surface area contributed by atoms with Crippen LogP contribution in [0.3, 0.4) is 0 Å². The predicted octanol–water partition coefficient (Wildman–Crippen LogP) is 0.884. The molecule has 0 saturated carbocycles. The van der Waals surface area contributed by atoms with Gasteiger partial charge < -0.3 is 20.3 Å². The molecule has 0 spiro atoms. The number of aliphatic hydroxyl groups excluding tert-OH is 2. The summed E-state index contributed by atoms with van der Waals surface area (Å²) < 4.78 is 7.13. The summed E-state index contributed by atoms with van der Waals surface area (Å²) >= 11 is 0. The Kier molecular flexibility index (Phi) is 4.67. The predicted molar refractivity (Wildman–Crippen MR) is 100 cm³/mol. The van der Waals surface area contributed by atoms with Crippen LogP contribution in [0.25, 0.3) is 22.3 Å². The van der Waals surface area contributed by atoms with E-state index >= 15 is 0 Å². The van der Waals surface area contributed by atoms with E-state index < -0.39 is 30.6 Å². The van der Waals surface area contributed by atoms with Gasteiger partial charge in [-0.2, -0.15) is 5.10 Å². The maximum Gasteiger partial charge on any atom is 0.320 e. The van der Waals surface area contributed by atoms with E-state index in [-0.39, 0.29) is 5.82 Å². The van der Waals surface area contributed by atoms with Gasteiger partial charge in [0.05, 0.1) is 11.5 Å². The van der Waals surface area contributed by atoms with Crippen LogP contribution in [-0.2, 0) is 4.74 Å². The Morgan fingerprint density at radius 1 is 1.18 bits per heavy atom. The molecule has 2 amide bonds. The Balaban J connectivity index is 1.93. The van der Waals surface area contributed by atoms with E-state index in [9.17, 15) is 15.0 Å². The minimum absolute atomic E-state index is 0.274. The summed E-state index contributed by atoms with van der Waals surface area (Å²) in [5.41, 5.74) is 1.67. The van der Waals surface area contributed by atoms with Crippen LogP contribution in [0.5, 0.6) is 0 Å². The lowest BCUT2D eigenvalue weighted by Gasteiger charge is -2.15. The number of carbonyl (C=O) groups excluding carboxylic acids is 1. The number of nitrogens with zero attached hydrogens (tertiary/aromatic N) is 4. The number of benzene rings is 1. The van der Waals surface area contributed by atoms with Crippen LogP contribution in [0.2, 0.25) is 0 Å². The quantitative estimate of drug-likeness (QED) is 0.527. The topological polar surface area (TPSA) is 134 Å². The highest BCUT2D eigenvalue weighted by Crippen LogP contribution is 2.36. The van der Waals surface area contributed by atoms with Crippen LogP contribution >= 0.6 is 0 Å². The Bertz CT molecular complexity index is 1010. The highest BCUT2D eigenvalue weighted by molar-refractivity contribution is 6.04. The molecule has 3 aromatic rings. The zero-order valence-electron chi connectivity index (χ0n) is 15.3. The molecule has 146 valence electrons. The van der Waals surface area contributed by atoms with E-state index in [4.69, 9.17) is 4.74 Å². The number of hydrogen-bond donors (Lipinski definition) is 4. The molecule has 1 aliphatic heterocycles. The van der Waals surface area contributed by atoms with Gasteiger partial charge >= 0.3 is 6.03 Å². The number of anilines is 1. The van der Waals surface area contributed by atoms with Gasteiger partial charge in [0.15, 0.2) is 11.9 Å². The van der Waals surface area contributed by atoms with Crippen molar-refractivity contribution in [2.24, 2.45) is 0 Å². The normalized spacial score (nSPS) is 24.4. The molecule has 3 heterocycles. The number of hydrogen-bond acceptors (Lipinski definition) is 7. The third-order valence-corrected chi connectivity index (χ3v) is 4.71. The van der Waals surface area contributed by atoms with Crippen molar-refractivity contribution in [3.05, 3.63) is 36.7 Å². The number of ether oxygens (including phenoxy) is 1. The van der Waals surface area contributed by atoms with Crippen molar-refractivity contribution in [2.75, 3.05) is 12.4 Å². The van der Waals surface area contributed by atoms with Crippen molar-refractivity contribution in [1.29, 1.82) is 0 Å². The first-order chi connectivity index (χ1) is 13.5. The molecule has 1 fully saturated rings. The summed E-state index contributed by atoms with van der Waals surface area (Å²) in [7, 11) is 1.50. The SMILES string of the molecule is CNC(=O)Nc1ncnc2c1c(-c1ccccc1)nn2[C@@H]1O[C@H](C)[C@@H](O)[C@H]1O. The fourth-order valence-corrected chi connectivity index (χ4v) is 3.24. The van der Waals surface area contributed by atoms with Crippen LogP contribution in [0, 0.1) is 0 Å². The molecule has 2 aromatic heterocycles. The number of urea groups is 1. The first-order valence-corrected chi connectivity index (χ1v) is 8.80. The number of rotatable bonds is 3. The van der Waals surface area contributed by atoms with Crippen molar-refractivity contribution < 1.29 is 19.7 Å². The lowest BCUT2D eigenvalue weighted by molar-refractivity contribution is -0.0370. The largest absolute Gasteiger partial charge is 0.388 e. The molecular formula is C18H20N6O4. The minimum atomic E-state index is -1.17. The summed E-state index contributed by atoms with van der Waals surface area (Å²) in [5, 5.41) is 30.8.